The molecule has 94 valence electrons. The van der Waals surface area contributed by atoms with Crippen molar-refractivity contribution in [3.8, 4) is 0 Å². The average molecular weight is 224 g/mol. The van der Waals surface area contributed by atoms with Crippen LogP contribution in [0.2, 0.25) is 0 Å². The molecule has 2 aliphatic rings. The van der Waals surface area contributed by atoms with E-state index in [0.29, 0.717) is 0 Å². The van der Waals surface area contributed by atoms with Gasteiger partial charge in [-0.05, 0) is 32.7 Å². The summed E-state index contributed by atoms with van der Waals surface area (Å²) >= 11 is 0. The molecule has 2 saturated carbocycles. The Morgan fingerprint density at radius 3 is 2.25 bits per heavy atom. The molecule has 2 fully saturated rings. The van der Waals surface area contributed by atoms with E-state index in [1.54, 1.807) is 0 Å². The van der Waals surface area contributed by atoms with Crippen LogP contribution in [0.15, 0.2) is 0 Å². The van der Waals surface area contributed by atoms with E-state index < -0.39 is 0 Å². The second-order valence-corrected chi connectivity index (χ2v) is 5.71. The molecule has 0 radical (unpaired) electrons. The Labute approximate surface area is 101 Å². The minimum absolute atomic E-state index is 0.833. The summed E-state index contributed by atoms with van der Waals surface area (Å²) in [6.45, 7) is 2.43. The molecule has 2 nitrogen and oxygen atoms in total. The van der Waals surface area contributed by atoms with Crippen molar-refractivity contribution in [2.45, 2.75) is 69.9 Å². The average Bonchev–Trinajstić information content (AvgIpc) is 2.83. The molecule has 0 aromatic carbocycles. The molecule has 0 spiro atoms. The van der Waals surface area contributed by atoms with Gasteiger partial charge in [0.2, 0.25) is 0 Å². The van der Waals surface area contributed by atoms with Crippen LogP contribution in [0.25, 0.3) is 0 Å². The molecule has 0 aromatic rings. The molecule has 2 heteroatoms. The van der Waals surface area contributed by atoms with E-state index in [4.69, 9.17) is 0 Å². The van der Waals surface area contributed by atoms with Crippen LogP contribution < -0.4 is 5.32 Å². The summed E-state index contributed by atoms with van der Waals surface area (Å²) in [6, 6.07) is 1.71. The van der Waals surface area contributed by atoms with Gasteiger partial charge >= 0.3 is 0 Å². The first-order valence-electron chi connectivity index (χ1n) is 7.30. The van der Waals surface area contributed by atoms with Gasteiger partial charge < -0.3 is 10.2 Å². The number of hydrogen-bond acceptors (Lipinski definition) is 2. The zero-order valence-corrected chi connectivity index (χ0v) is 10.9. The third-order valence-electron chi connectivity index (χ3n) is 4.45. The molecule has 0 aliphatic heterocycles. The Morgan fingerprint density at radius 2 is 1.56 bits per heavy atom. The fourth-order valence-corrected chi connectivity index (χ4v) is 3.28. The van der Waals surface area contributed by atoms with Gasteiger partial charge in [0.05, 0.1) is 0 Å². The monoisotopic (exact) mass is 224 g/mol. The zero-order chi connectivity index (χ0) is 11.2. The Bertz CT molecular complexity index is 181. The fraction of sp³-hybridized carbons (Fsp3) is 1.00. The largest absolute Gasteiger partial charge is 0.313 e. The summed E-state index contributed by atoms with van der Waals surface area (Å²) < 4.78 is 0. The molecular formula is C14H28N2. The minimum Gasteiger partial charge on any atom is -0.313 e. The first-order valence-corrected chi connectivity index (χ1v) is 7.30. The van der Waals surface area contributed by atoms with E-state index in [2.05, 4.69) is 17.3 Å². The number of nitrogens with one attached hydrogen (secondary N) is 1. The predicted octanol–water partition coefficient (Wildman–Crippen LogP) is 2.78. The molecule has 2 aliphatic carbocycles. The summed E-state index contributed by atoms with van der Waals surface area (Å²) in [7, 11) is 2.31. The van der Waals surface area contributed by atoms with E-state index in [-0.39, 0.29) is 0 Å². The Hall–Kier alpha value is -0.0800. The molecule has 1 N–H and O–H groups in total. The molecule has 0 atom stereocenters. The highest BCUT2D eigenvalue weighted by Gasteiger charge is 2.18. The van der Waals surface area contributed by atoms with Crippen LogP contribution in [0, 0.1) is 0 Å². The highest BCUT2D eigenvalue weighted by Crippen LogP contribution is 2.21. The van der Waals surface area contributed by atoms with Gasteiger partial charge in [-0.3, -0.25) is 0 Å². The number of likely N-dealkylation sites (N-methyl/N-ethyl adjacent to an activating group) is 1. The quantitative estimate of drug-likeness (QED) is 0.772. The van der Waals surface area contributed by atoms with Crippen molar-refractivity contribution >= 4 is 0 Å². The maximum Gasteiger partial charge on any atom is 0.0107 e. The topological polar surface area (TPSA) is 15.3 Å². The summed E-state index contributed by atoms with van der Waals surface area (Å²) in [5.41, 5.74) is 0. The van der Waals surface area contributed by atoms with Crippen LogP contribution in [0.1, 0.15) is 57.8 Å². The SMILES string of the molecule is CN(CCNC1CCCC1)C1CCCCC1. The van der Waals surface area contributed by atoms with Crippen molar-refractivity contribution in [3.05, 3.63) is 0 Å². The van der Waals surface area contributed by atoms with Crippen LogP contribution in [0.3, 0.4) is 0 Å². The van der Waals surface area contributed by atoms with Crippen molar-refractivity contribution < 1.29 is 0 Å². The molecule has 2 rings (SSSR count). The molecule has 0 unspecified atom stereocenters. The first kappa shape index (κ1) is 12.4. The molecular weight excluding hydrogens is 196 g/mol. The van der Waals surface area contributed by atoms with Crippen LogP contribution in [0.4, 0.5) is 0 Å². The number of rotatable bonds is 5. The molecule has 0 heterocycles. The normalized spacial score (nSPS) is 24.4. The van der Waals surface area contributed by atoms with Gasteiger partial charge in [0, 0.05) is 25.2 Å². The standard InChI is InChI=1S/C14H28N2/c1-16(14-9-3-2-4-10-14)12-11-15-13-7-5-6-8-13/h13-15H,2-12H2,1H3. The van der Waals surface area contributed by atoms with E-state index in [1.165, 1.54) is 70.9 Å². The van der Waals surface area contributed by atoms with Gasteiger partial charge in [0.15, 0.2) is 0 Å². The highest BCUT2D eigenvalue weighted by molar-refractivity contribution is 4.76. The Balaban J connectivity index is 1.57. The van der Waals surface area contributed by atoms with Crippen molar-refractivity contribution in [2.24, 2.45) is 0 Å². The highest BCUT2D eigenvalue weighted by atomic mass is 15.1. The molecule has 0 saturated heterocycles. The van der Waals surface area contributed by atoms with E-state index in [9.17, 15) is 0 Å². The smallest absolute Gasteiger partial charge is 0.0107 e. The second kappa shape index (κ2) is 6.61. The van der Waals surface area contributed by atoms with E-state index in [1.807, 2.05) is 0 Å². The number of nitrogens with zero attached hydrogens (tertiary/aromatic N) is 1. The maximum absolute atomic E-state index is 3.71. The first-order chi connectivity index (χ1) is 7.86. The van der Waals surface area contributed by atoms with Gasteiger partial charge in [0.25, 0.3) is 0 Å². The van der Waals surface area contributed by atoms with Crippen molar-refractivity contribution in [1.82, 2.24) is 10.2 Å². The maximum atomic E-state index is 3.71. The molecule has 16 heavy (non-hydrogen) atoms. The van der Waals surface area contributed by atoms with Gasteiger partial charge in [-0.2, -0.15) is 0 Å². The van der Waals surface area contributed by atoms with Crippen molar-refractivity contribution in [2.75, 3.05) is 20.1 Å². The second-order valence-electron chi connectivity index (χ2n) is 5.71. The number of hydrogen-bond donors (Lipinski definition) is 1. The van der Waals surface area contributed by atoms with Crippen LogP contribution in [0.5, 0.6) is 0 Å². The third kappa shape index (κ3) is 3.74. The molecule has 0 amide bonds. The Kier molecular flexibility index (Phi) is 5.11. The lowest BCUT2D eigenvalue weighted by Crippen LogP contribution is -2.40. The summed E-state index contributed by atoms with van der Waals surface area (Å²) in [6.07, 6.45) is 12.9. The van der Waals surface area contributed by atoms with E-state index in [0.717, 1.165) is 12.1 Å². The van der Waals surface area contributed by atoms with Gasteiger partial charge in [0.1, 0.15) is 0 Å². The van der Waals surface area contributed by atoms with Crippen LogP contribution in [-0.2, 0) is 0 Å². The summed E-state index contributed by atoms with van der Waals surface area (Å²) in [5, 5.41) is 3.71. The van der Waals surface area contributed by atoms with E-state index >= 15 is 0 Å². The minimum atomic E-state index is 0.833. The van der Waals surface area contributed by atoms with Crippen LogP contribution in [-0.4, -0.2) is 37.1 Å². The summed E-state index contributed by atoms with van der Waals surface area (Å²) in [5.74, 6) is 0. The molecule has 0 aromatic heterocycles. The van der Waals surface area contributed by atoms with Crippen molar-refractivity contribution in [3.63, 3.8) is 0 Å². The lowest BCUT2D eigenvalue weighted by atomic mass is 9.94. The third-order valence-corrected chi connectivity index (χ3v) is 4.45. The lowest BCUT2D eigenvalue weighted by molar-refractivity contribution is 0.190. The Morgan fingerprint density at radius 1 is 0.938 bits per heavy atom. The van der Waals surface area contributed by atoms with Gasteiger partial charge in [-0.15, -0.1) is 0 Å². The predicted molar refractivity (Wildman–Crippen MR) is 69.8 cm³/mol. The van der Waals surface area contributed by atoms with Gasteiger partial charge in [-0.25, -0.2) is 0 Å². The molecule has 0 bridgehead atoms. The lowest BCUT2D eigenvalue weighted by Gasteiger charge is -2.31. The summed E-state index contributed by atoms with van der Waals surface area (Å²) in [4.78, 5) is 2.58. The van der Waals surface area contributed by atoms with Crippen LogP contribution >= 0.6 is 0 Å². The van der Waals surface area contributed by atoms with Crippen molar-refractivity contribution in [1.29, 1.82) is 0 Å². The fourth-order valence-electron chi connectivity index (χ4n) is 3.28. The zero-order valence-electron chi connectivity index (χ0n) is 10.9. The van der Waals surface area contributed by atoms with Gasteiger partial charge in [-0.1, -0.05) is 32.1 Å².